The second-order valence-corrected chi connectivity index (χ2v) is 5.19. The van der Waals surface area contributed by atoms with Crippen molar-refractivity contribution in [1.82, 2.24) is 4.98 Å². The largest absolute Gasteiger partial charge is 0.439 e. The molecule has 1 heterocycles. The third-order valence-corrected chi connectivity index (χ3v) is 3.74. The Labute approximate surface area is 119 Å². The zero-order chi connectivity index (χ0) is 13.2. The first-order chi connectivity index (χ1) is 9.29. The summed E-state index contributed by atoms with van der Waals surface area (Å²) < 4.78 is 6.78. The van der Waals surface area contributed by atoms with Gasteiger partial charge in [0.05, 0.1) is 10.4 Å². The number of para-hydroxylation sites is 1. The maximum Gasteiger partial charge on any atom is 0.204 e. The summed E-state index contributed by atoms with van der Waals surface area (Å²) in [5.74, 6) is 0.649. The second-order valence-electron chi connectivity index (χ2n) is 4.34. The van der Waals surface area contributed by atoms with Crippen LogP contribution in [0, 0.1) is 0 Å². The minimum Gasteiger partial charge on any atom is -0.439 e. The van der Waals surface area contributed by atoms with Crippen LogP contribution < -0.4 is 5.73 Å². The van der Waals surface area contributed by atoms with Crippen molar-refractivity contribution in [2.75, 3.05) is 6.54 Å². The van der Waals surface area contributed by atoms with E-state index in [0.29, 0.717) is 12.4 Å². The lowest BCUT2D eigenvalue weighted by atomic mass is 9.99. The van der Waals surface area contributed by atoms with Gasteiger partial charge in [-0.2, -0.15) is 0 Å². The smallest absolute Gasteiger partial charge is 0.204 e. The Morgan fingerprint density at radius 3 is 2.58 bits per heavy atom. The number of hydrogen-bond acceptors (Lipinski definition) is 3. The minimum atomic E-state index is -0.0134. The molecule has 3 rings (SSSR count). The molecule has 0 saturated carbocycles. The number of nitrogens with zero attached hydrogens (tertiary/aromatic N) is 1. The molecule has 2 N–H and O–H groups in total. The normalized spacial score (nSPS) is 12.7. The first-order valence-electron chi connectivity index (χ1n) is 6.09. The van der Waals surface area contributed by atoms with Gasteiger partial charge >= 0.3 is 0 Å². The van der Waals surface area contributed by atoms with Gasteiger partial charge in [0.1, 0.15) is 5.52 Å². The van der Waals surface area contributed by atoms with Gasteiger partial charge in [0, 0.05) is 6.54 Å². The number of aromatic nitrogens is 1. The molecule has 1 atom stereocenters. The molecule has 0 radical (unpaired) electrons. The van der Waals surface area contributed by atoms with E-state index in [2.05, 4.69) is 20.9 Å². The van der Waals surface area contributed by atoms with E-state index >= 15 is 0 Å². The van der Waals surface area contributed by atoms with Crippen LogP contribution in [0.2, 0.25) is 0 Å². The lowest BCUT2D eigenvalue weighted by Crippen LogP contribution is -2.14. The van der Waals surface area contributed by atoms with E-state index in [1.54, 1.807) is 0 Å². The quantitative estimate of drug-likeness (QED) is 0.802. The van der Waals surface area contributed by atoms with Crippen molar-refractivity contribution in [1.29, 1.82) is 0 Å². The van der Waals surface area contributed by atoms with Crippen LogP contribution in [-0.2, 0) is 0 Å². The molecule has 0 aliphatic carbocycles. The Morgan fingerprint density at radius 2 is 1.89 bits per heavy atom. The van der Waals surface area contributed by atoms with E-state index in [4.69, 9.17) is 10.2 Å². The minimum absolute atomic E-state index is 0.0134. The summed E-state index contributed by atoms with van der Waals surface area (Å²) in [7, 11) is 0. The topological polar surface area (TPSA) is 52.0 Å². The van der Waals surface area contributed by atoms with Crippen molar-refractivity contribution in [2.45, 2.75) is 5.92 Å². The highest BCUT2D eigenvalue weighted by Crippen LogP contribution is 2.30. The SMILES string of the molecule is NCC(c1ccccc1)c1nc2cccc(Br)c2o1. The van der Waals surface area contributed by atoms with Gasteiger partial charge in [-0.25, -0.2) is 4.98 Å². The predicted octanol–water partition coefficient (Wildman–Crippen LogP) is 3.68. The van der Waals surface area contributed by atoms with Crippen LogP contribution in [0.3, 0.4) is 0 Å². The van der Waals surface area contributed by atoms with Crippen LogP contribution in [0.4, 0.5) is 0 Å². The summed E-state index contributed by atoms with van der Waals surface area (Å²) in [6, 6.07) is 15.9. The molecule has 0 fully saturated rings. The maximum absolute atomic E-state index is 5.88. The molecule has 0 aliphatic heterocycles. The summed E-state index contributed by atoms with van der Waals surface area (Å²) in [5.41, 5.74) is 8.62. The van der Waals surface area contributed by atoms with Crippen LogP contribution in [0.1, 0.15) is 17.4 Å². The maximum atomic E-state index is 5.88. The lowest BCUT2D eigenvalue weighted by Gasteiger charge is -2.10. The first-order valence-corrected chi connectivity index (χ1v) is 6.89. The van der Waals surface area contributed by atoms with Gasteiger partial charge in [-0.3, -0.25) is 0 Å². The molecule has 96 valence electrons. The number of oxazole rings is 1. The molecule has 0 aliphatic rings. The molecule has 1 unspecified atom stereocenters. The second kappa shape index (κ2) is 5.15. The average Bonchev–Trinajstić information content (AvgIpc) is 2.86. The number of hydrogen-bond donors (Lipinski definition) is 1. The fraction of sp³-hybridized carbons (Fsp3) is 0.133. The highest BCUT2D eigenvalue weighted by Gasteiger charge is 2.19. The monoisotopic (exact) mass is 316 g/mol. The van der Waals surface area contributed by atoms with E-state index in [1.807, 2.05) is 48.5 Å². The summed E-state index contributed by atoms with van der Waals surface area (Å²) >= 11 is 3.47. The van der Waals surface area contributed by atoms with Crippen LogP contribution in [0.15, 0.2) is 57.4 Å². The van der Waals surface area contributed by atoms with Crippen molar-refractivity contribution in [3.8, 4) is 0 Å². The molecule has 1 aromatic heterocycles. The molecule has 2 aromatic carbocycles. The van der Waals surface area contributed by atoms with E-state index < -0.39 is 0 Å². The molecule has 3 nitrogen and oxygen atoms in total. The van der Waals surface area contributed by atoms with Gasteiger partial charge in [-0.15, -0.1) is 0 Å². The van der Waals surface area contributed by atoms with Crippen LogP contribution >= 0.6 is 15.9 Å². The lowest BCUT2D eigenvalue weighted by molar-refractivity contribution is 0.501. The Morgan fingerprint density at radius 1 is 1.11 bits per heavy atom. The number of nitrogens with two attached hydrogens (primary N) is 1. The van der Waals surface area contributed by atoms with Gasteiger partial charge in [0.25, 0.3) is 0 Å². The van der Waals surface area contributed by atoms with Crippen LogP contribution in [0.25, 0.3) is 11.1 Å². The third-order valence-electron chi connectivity index (χ3n) is 3.12. The molecule has 4 heteroatoms. The predicted molar refractivity (Wildman–Crippen MR) is 79.0 cm³/mol. The van der Waals surface area contributed by atoms with E-state index in [9.17, 15) is 0 Å². The highest BCUT2D eigenvalue weighted by molar-refractivity contribution is 9.10. The molecule has 3 aromatic rings. The van der Waals surface area contributed by atoms with Crippen molar-refractivity contribution < 1.29 is 4.42 Å². The Bertz CT molecular complexity index is 694. The fourth-order valence-electron chi connectivity index (χ4n) is 2.15. The van der Waals surface area contributed by atoms with Gasteiger partial charge in [0.15, 0.2) is 5.58 Å². The Balaban J connectivity index is 2.09. The molecule has 0 amide bonds. The Hall–Kier alpha value is -1.65. The molecule has 0 saturated heterocycles. The van der Waals surface area contributed by atoms with Crippen molar-refractivity contribution in [2.24, 2.45) is 5.73 Å². The molecule has 0 spiro atoms. The molecular formula is C15H13BrN2O. The average molecular weight is 317 g/mol. The van der Waals surface area contributed by atoms with Crippen molar-refractivity contribution in [3.63, 3.8) is 0 Å². The van der Waals surface area contributed by atoms with Gasteiger partial charge in [0.2, 0.25) is 5.89 Å². The fourth-order valence-corrected chi connectivity index (χ4v) is 2.58. The number of halogens is 1. The zero-order valence-electron chi connectivity index (χ0n) is 10.2. The van der Waals surface area contributed by atoms with Gasteiger partial charge in [-0.05, 0) is 33.6 Å². The first kappa shape index (κ1) is 12.4. The van der Waals surface area contributed by atoms with Gasteiger partial charge in [-0.1, -0.05) is 36.4 Å². The van der Waals surface area contributed by atoms with Crippen molar-refractivity contribution >= 4 is 27.0 Å². The van der Waals surface area contributed by atoms with Crippen LogP contribution in [-0.4, -0.2) is 11.5 Å². The summed E-state index contributed by atoms with van der Waals surface area (Å²) in [6.45, 7) is 0.467. The zero-order valence-corrected chi connectivity index (χ0v) is 11.8. The summed E-state index contributed by atoms with van der Waals surface area (Å²) in [6.07, 6.45) is 0. The molecule has 0 bridgehead atoms. The molecular weight excluding hydrogens is 304 g/mol. The van der Waals surface area contributed by atoms with E-state index in [1.165, 1.54) is 0 Å². The summed E-state index contributed by atoms with van der Waals surface area (Å²) in [4.78, 5) is 4.54. The van der Waals surface area contributed by atoms with Crippen LogP contribution in [0.5, 0.6) is 0 Å². The Kier molecular flexibility index (Phi) is 3.36. The number of fused-ring (bicyclic) bond motifs is 1. The van der Waals surface area contributed by atoms with E-state index in [0.717, 1.165) is 21.1 Å². The van der Waals surface area contributed by atoms with Gasteiger partial charge < -0.3 is 10.2 Å². The number of rotatable bonds is 3. The third kappa shape index (κ3) is 2.29. The molecule has 19 heavy (non-hydrogen) atoms. The number of benzene rings is 2. The standard InChI is InChI=1S/C15H13BrN2O/c16-12-7-4-8-13-14(12)19-15(18-13)11(9-17)10-5-2-1-3-6-10/h1-8,11H,9,17H2. The summed E-state index contributed by atoms with van der Waals surface area (Å²) in [5, 5.41) is 0. The highest BCUT2D eigenvalue weighted by atomic mass is 79.9. The van der Waals surface area contributed by atoms with E-state index in [-0.39, 0.29) is 5.92 Å². The van der Waals surface area contributed by atoms with Crippen molar-refractivity contribution in [3.05, 3.63) is 64.5 Å².